The van der Waals surface area contributed by atoms with Crippen molar-refractivity contribution >= 4 is 17.5 Å². The van der Waals surface area contributed by atoms with E-state index in [4.69, 9.17) is 0 Å². The predicted molar refractivity (Wildman–Crippen MR) is 124 cm³/mol. The molecule has 0 aromatic heterocycles. The van der Waals surface area contributed by atoms with Gasteiger partial charge in [0.2, 0.25) is 0 Å². The van der Waals surface area contributed by atoms with Crippen molar-refractivity contribution in [3.63, 3.8) is 0 Å². The fraction of sp³-hybridized carbons (Fsp3) is 0.462. The van der Waals surface area contributed by atoms with E-state index in [1.165, 1.54) is 38.2 Å². The molecule has 2 bridgehead atoms. The van der Waals surface area contributed by atoms with Crippen LogP contribution in [0.3, 0.4) is 0 Å². The molecule has 2 saturated heterocycles. The van der Waals surface area contributed by atoms with Crippen molar-refractivity contribution in [2.45, 2.75) is 57.5 Å². The second-order valence-corrected chi connectivity index (χ2v) is 9.16. The molecule has 0 unspecified atom stereocenters. The maximum Gasteiger partial charge on any atom is 0.319 e. The van der Waals surface area contributed by atoms with Crippen LogP contribution in [0, 0.1) is 11.7 Å². The quantitative estimate of drug-likeness (QED) is 0.450. The highest BCUT2D eigenvalue weighted by atomic mass is 19.1. The number of hydrogen-bond donors (Lipinski definition) is 2. The fourth-order valence-electron chi connectivity index (χ4n) is 5.33. The molecule has 2 aromatic rings. The van der Waals surface area contributed by atoms with Gasteiger partial charge in [-0.1, -0.05) is 24.3 Å². The Labute approximate surface area is 189 Å². The number of Topliss-reactive ketones (excluding diaryl/α,β-unsaturated/α-hetero) is 1. The highest BCUT2D eigenvalue weighted by Crippen LogP contribution is 2.39. The van der Waals surface area contributed by atoms with Crippen LogP contribution in [0.1, 0.15) is 54.9 Å². The first-order valence-electron chi connectivity index (χ1n) is 11.6. The van der Waals surface area contributed by atoms with Gasteiger partial charge >= 0.3 is 6.03 Å². The van der Waals surface area contributed by atoms with Gasteiger partial charge in [-0.15, -0.1) is 0 Å². The largest absolute Gasteiger partial charge is 0.338 e. The second kappa shape index (κ2) is 10.3. The highest BCUT2D eigenvalue weighted by molar-refractivity contribution is 5.96. The zero-order valence-electron chi connectivity index (χ0n) is 18.6. The summed E-state index contributed by atoms with van der Waals surface area (Å²) in [6, 6.07) is 14.9. The van der Waals surface area contributed by atoms with Crippen LogP contribution in [0.5, 0.6) is 0 Å². The van der Waals surface area contributed by atoms with Crippen LogP contribution in [-0.2, 0) is 6.42 Å². The third kappa shape index (κ3) is 5.74. The topological polar surface area (TPSA) is 61.4 Å². The van der Waals surface area contributed by atoms with Crippen LogP contribution in [0.15, 0.2) is 48.5 Å². The summed E-state index contributed by atoms with van der Waals surface area (Å²) in [7, 11) is 0. The monoisotopic (exact) mass is 437 g/mol. The standard InChI is InChI=1S/C26H32FN3O2/c1-18(31)21-4-2-5-23(17-21)29-26(32)28-12-3-13-30-24-10-11-25(30)16-20(15-24)14-19-6-8-22(27)9-7-19/h2,4-9,17,20,24-25H,3,10-16H2,1H3,(H2,28,29,32)/t20-,24+,25-. The molecule has 6 heteroatoms. The Morgan fingerprint density at radius 2 is 1.78 bits per heavy atom. The van der Waals surface area contributed by atoms with Crippen molar-refractivity contribution in [2.24, 2.45) is 5.92 Å². The Kier molecular flexibility index (Phi) is 7.20. The molecule has 0 spiro atoms. The smallest absolute Gasteiger partial charge is 0.319 e. The van der Waals surface area contributed by atoms with Crippen molar-refractivity contribution in [1.29, 1.82) is 0 Å². The summed E-state index contributed by atoms with van der Waals surface area (Å²) in [6.45, 7) is 3.13. The number of rotatable bonds is 8. The van der Waals surface area contributed by atoms with E-state index in [2.05, 4.69) is 15.5 Å². The van der Waals surface area contributed by atoms with E-state index in [-0.39, 0.29) is 17.6 Å². The fourth-order valence-corrected chi connectivity index (χ4v) is 5.33. The summed E-state index contributed by atoms with van der Waals surface area (Å²) in [5.41, 5.74) is 2.44. The molecule has 2 fully saturated rings. The first-order valence-corrected chi connectivity index (χ1v) is 11.6. The van der Waals surface area contributed by atoms with E-state index in [0.29, 0.717) is 35.8 Å². The Morgan fingerprint density at radius 1 is 1.06 bits per heavy atom. The van der Waals surface area contributed by atoms with Gasteiger partial charge in [-0.25, -0.2) is 9.18 Å². The lowest BCUT2D eigenvalue weighted by Gasteiger charge is -2.39. The lowest BCUT2D eigenvalue weighted by atomic mass is 9.85. The summed E-state index contributed by atoms with van der Waals surface area (Å²) < 4.78 is 13.2. The van der Waals surface area contributed by atoms with Gasteiger partial charge in [0.15, 0.2) is 5.78 Å². The van der Waals surface area contributed by atoms with Gasteiger partial charge in [-0.05, 0) is 81.2 Å². The maximum atomic E-state index is 13.2. The molecule has 2 aliphatic heterocycles. The Morgan fingerprint density at radius 3 is 2.47 bits per heavy atom. The maximum absolute atomic E-state index is 13.2. The number of hydrogen-bond acceptors (Lipinski definition) is 3. The molecule has 2 aromatic carbocycles. The molecule has 2 heterocycles. The van der Waals surface area contributed by atoms with Crippen LogP contribution in [0.2, 0.25) is 0 Å². The molecular weight excluding hydrogens is 405 g/mol. The van der Waals surface area contributed by atoms with Gasteiger partial charge < -0.3 is 10.6 Å². The van der Waals surface area contributed by atoms with E-state index >= 15 is 0 Å². The van der Waals surface area contributed by atoms with Crippen LogP contribution in [-0.4, -0.2) is 41.9 Å². The summed E-state index contributed by atoms with van der Waals surface area (Å²) >= 11 is 0. The number of nitrogens with one attached hydrogen (secondary N) is 2. The Balaban J connectivity index is 1.18. The number of urea groups is 1. The first-order chi connectivity index (χ1) is 15.5. The number of fused-ring (bicyclic) bond motifs is 2. The molecule has 0 radical (unpaired) electrons. The molecule has 2 amide bonds. The average molecular weight is 438 g/mol. The number of carbonyl (C=O) groups excluding carboxylic acids is 2. The van der Waals surface area contributed by atoms with Gasteiger partial charge in [-0.3, -0.25) is 9.69 Å². The van der Waals surface area contributed by atoms with Crippen LogP contribution >= 0.6 is 0 Å². The van der Waals surface area contributed by atoms with Crippen molar-refractivity contribution in [3.05, 3.63) is 65.5 Å². The third-order valence-corrected chi connectivity index (χ3v) is 6.83. The molecule has 3 atom stereocenters. The lowest BCUT2D eigenvalue weighted by molar-refractivity contribution is 0.101. The number of benzene rings is 2. The van der Waals surface area contributed by atoms with E-state index in [0.717, 1.165) is 19.4 Å². The van der Waals surface area contributed by atoms with Crippen LogP contribution in [0.25, 0.3) is 0 Å². The molecule has 4 rings (SSSR count). The zero-order chi connectivity index (χ0) is 22.5. The Hall–Kier alpha value is -2.73. The van der Waals surface area contributed by atoms with Gasteiger partial charge in [0.25, 0.3) is 0 Å². The summed E-state index contributed by atoms with van der Waals surface area (Å²) in [6.07, 6.45) is 6.86. The lowest BCUT2D eigenvalue weighted by Crippen LogP contribution is -2.44. The van der Waals surface area contributed by atoms with Gasteiger partial charge in [-0.2, -0.15) is 0 Å². The average Bonchev–Trinajstić information content (AvgIpc) is 3.01. The summed E-state index contributed by atoms with van der Waals surface area (Å²) in [4.78, 5) is 26.3. The van der Waals surface area contributed by atoms with E-state index < -0.39 is 0 Å². The minimum absolute atomic E-state index is 0.0230. The van der Waals surface area contributed by atoms with Gasteiger partial charge in [0.05, 0.1) is 0 Å². The number of halogens is 1. The van der Waals surface area contributed by atoms with Crippen molar-refractivity contribution in [2.75, 3.05) is 18.4 Å². The SMILES string of the molecule is CC(=O)c1cccc(NC(=O)NCCCN2[C@@H]3CC[C@H]2C[C@@H](Cc2ccc(F)cc2)C3)c1. The molecule has 0 saturated carbocycles. The number of anilines is 1. The van der Waals surface area contributed by atoms with E-state index in [1.54, 1.807) is 36.4 Å². The predicted octanol–water partition coefficient (Wildman–Crippen LogP) is 5.03. The number of ketones is 1. The van der Waals surface area contributed by atoms with E-state index in [9.17, 15) is 14.0 Å². The minimum atomic E-state index is -0.244. The number of piperidine rings is 1. The minimum Gasteiger partial charge on any atom is -0.338 e. The van der Waals surface area contributed by atoms with Gasteiger partial charge in [0.1, 0.15) is 5.82 Å². The molecule has 2 N–H and O–H groups in total. The third-order valence-electron chi connectivity index (χ3n) is 6.83. The van der Waals surface area contributed by atoms with Crippen LogP contribution < -0.4 is 10.6 Å². The molecule has 5 nitrogen and oxygen atoms in total. The summed E-state index contributed by atoms with van der Waals surface area (Å²) in [5.74, 6) is 0.476. The first kappa shape index (κ1) is 22.5. The normalized spacial score (nSPS) is 22.5. The Bertz CT molecular complexity index is 932. The van der Waals surface area contributed by atoms with Crippen molar-refractivity contribution in [3.8, 4) is 0 Å². The van der Waals surface area contributed by atoms with Crippen molar-refractivity contribution < 1.29 is 14.0 Å². The van der Waals surface area contributed by atoms with E-state index in [1.807, 2.05) is 12.1 Å². The number of carbonyl (C=O) groups is 2. The molecule has 0 aliphatic carbocycles. The second-order valence-electron chi connectivity index (χ2n) is 9.16. The van der Waals surface area contributed by atoms with Gasteiger partial charge in [0, 0.05) is 36.4 Å². The van der Waals surface area contributed by atoms with Crippen molar-refractivity contribution in [1.82, 2.24) is 10.2 Å². The molecular formula is C26H32FN3O2. The zero-order valence-corrected chi connectivity index (χ0v) is 18.6. The van der Waals surface area contributed by atoms with Crippen LogP contribution in [0.4, 0.5) is 14.9 Å². The molecule has 170 valence electrons. The highest BCUT2D eigenvalue weighted by Gasteiger charge is 2.39. The molecule has 2 aliphatic rings. The number of amides is 2. The molecule has 32 heavy (non-hydrogen) atoms. The number of nitrogens with zero attached hydrogens (tertiary/aromatic N) is 1. The summed E-state index contributed by atoms with van der Waals surface area (Å²) in [5, 5.41) is 5.72.